The monoisotopic (exact) mass is 273 g/mol. The first kappa shape index (κ1) is 14.1. The maximum Gasteiger partial charge on any atom is 0.0686 e. The van der Waals surface area contributed by atoms with E-state index in [1.807, 2.05) is 0 Å². The van der Waals surface area contributed by atoms with E-state index in [0.29, 0.717) is 12.0 Å². The highest BCUT2D eigenvalue weighted by Gasteiger charge is 2.41. The van der Waals surface area contributed by atoms with Crippen LogP contribution in [0.2, 0.25) is 0 Å². The van der Waals surface area contributed by atoms with Gasteiger partial charge in [-0.05, 0) is 51.1 Å². The van der Waals surface area contributed by atoms with Gasteiger partial charge in [0.05, 0.1) is 5.60 Å². The largest absolute Gasteiger partial charge is 0.375 e. The van der Waals surface area contributed by atoms with E-state index in [-0.39, 0.29) is 5.60 Å². The lowest BCUT2D eigenvalue weighted by molar-refractivity contribution is -0.0978. The highest BCUT2D eigenvalue weighted by atomic mass is 16.5. The van der Waals surface area contributed by atoms with Crippen LogP contribution < -0.4 is 5.32 Å². The molecule has 2 atom stereocenters. The Bertz CT molecular complexity index is 450. The molecular weight excluding hydrogens is 246 g/mol. The first-order chi connectivity index (χ1) is 9.72. The Morgan fingerprint density at radius 1 is 1.30 bits per heavy atom. The molecule has 2 unspecified atom stereocenters. The molecule has 1 spiro atoms. The minimum Gasteiger partial charge on any atom is -0.375 e. The molecule has 1 saturated heterocycles. The van der Waals surface area contributed by atoms with Crippen LogP contribution in [0.4, 0.5) is 0 Å². The summed E-state index contributed by atoms with van der Waals surface area (Å²) in [5, 5.41) is 3.57. The quantitative estimate of drug-likeness (QED) is 0.899. The molecule has 1 aromatic carbocycles. The molecule has 1 saturated carbocycles. The standard InChI is InChI=1S/C18H27NO/c1-14-6-5-7-15(12-14)17(19-2)16-8-11-20-18(13-16)9-3-4-10-18/h5-7,12,16-17,19H,3-4,8-11,13H2,1-2H3. The molecule has 3 rings (SSSR count). The summed E-state index contributed by atoms with van der Waals surface area (Å²) in [4.78, 5) is 0. The first-order valence-corrected chi connectivity index (χ1v) is 8.10. The van der Waals surface area contributed by atoms with Crippen molar-refractivity contribution in [2.24, 2.45) is 5.92 Å². The fourth-order valence-corrected chi connectivity index (χ4v) is 4.26. The zero-order valence-corrected chi connectivity index (χ0v) is 12.8. The van der Waals surface area contributed by atoms with Crippen LogP contribution in [0, 0.1) is 12.8 Å². The molecule has 1 aliphatic carbocycles. The van der Waals surface area contributed by atoms with Gasteiger partial charge in [-0.15, -0.1) is 0 Å². The molecule has 20 heavy (non-hydrogen) atoms. The van der Waals surface area contributed by atoms with Crippen molar-refractivity contribution in [2.45, 2.75) is 57.1 Å². The van der Waals surface area contributed by atoms with Gasteiger partial charge in [0.25, 0.3) is 0 Å². The van der Waals surface area contributed by atoms with Crippen molar-refractivity contribution < 1.29 is 4.74 Å². The van der Waals surface area contributed by atoms with Gasteiger partial charge in [-0.25, -0.2) is 0 Å². The SMILES string of the molecule is CNC(c1cccc(C)c1)C1CCOC2(CCCC2)C1. The van der Waals surface area contributed by atoms with Gasteiger partial charge in [-0.2, -0.15) is 0 Å². The van der Waals surface area contributed by atoms with Crippen LogP contribution in [0.25, 0.3) is 0 Å². The van der Waals surface area contributed by atoms with Crippen molar-refractivity contribution in [3.05, 3.63) is 35.4 Å². The number of nitrogens with one attached hydrogen (secondary N) is 1. The fraction of sp³-hybridized carbons (Fsp3) is 0.667. The Labute approximate surface area is 122 Å². The van der Waals surface area contributed by atoms with Crippen molar-refractivity contribution in [3.8, 4) is 0 Å². The average molecular weight is 273 g/mol. The molecule has 2 nitrogen and oxygen atoms in total. The van der Waals surface area contributed by atoms with Gasteiger partial charge in [0, 0.05) is 12.6 Å². The lowest BCUT2D eigenvalue weighted by atomic mass is 9.78. The second-order valence-electron chi connectivity index (χ2n) is 6.67. The minimum atomic E-state index is 0.210. The second kappa shape index (κ2) is 5.87. The number of ether oxygens (including phenoxy) is 1. The van der Waals surface area contributed by atoms with Crippen LogP contribution in [0.3, 0.4) is 0 Å². The van der Waals surface area contributed by atoms with Crippen molar-refractivity contribution in [1.29, 1.82) is 0 Å². The molecule has 1 heterocycles. The highest BCUT2D eigenvalue weighted by molar-refractivity contribution is 5.26. The zero-order chi connectivity index (χ0) is 14.0. The molecule has 0 amide bonds. The molecule has 2 fully saturated rings. The molecular formula is C18H27NO. The van der Waals surface area contributed by atoms with E-state index in [4.69, 9.17) is 4.74 Å². The van der Waals surface area contributed by atoms with E-state index in [1.54, 1.807) is 0 Å². The van der Waals surface area contributed by atoms with Crippen LogP contribution >= 0.6 is 0 Å². The lowest BCUT2D eigenvalue weighted by Gasteiger charge is -2.41. The third-order valence-corrected chi connectivity index (χ3v) is 5.23. The van der Waals surface area contributed by atoms with Crippen LogP contribution in [0.5, 0.6) is 0 Å². The summed E-state index contributed by atoms with van der Waals surface area (Å²) in [6.07, 6.45) is 7.65. The van der Waals surface area contributed by atoms with Gasteiger partial charge >= 0.3 is 0 Å². The third-order valence-electron chi connectivity index (χ3n) is 5.23. The highest BCUT2D eigenvalue weighted by Crippen LogP contribution is 2.45. The van der Waals surface area contributed by atoms with Crippen LogP contribution in [-0.2, 0) is 4.74 Å². The van der Waals surface area contributed by atoms with Gasteiger partial charge in [0.15, 0.2) is 0 Å². The Balaban J connectivity index is 1.78. The van der Waals surface area contributed by atoms with E-state index in [9.17, 15) is 0 Å². The molecule has 0 bridgehead atoms. The topological polar surface area (TPSA) is 21.3 Å². The molecule has 2 aliphatic rings. The zero-order valence-electron chi connectivity index (χ0n) is 12.8. The average Bonchev–Trinajstić information content (AvgIpc) is 2.88. The van der Waals surface area contributed by atoms with Gasteiger partial charge in [0.2, 0.25) is 0 Å². The summed E-state index contributed by atoms with van der Waals surface area (Å²) in [6, 6.07) is 9.43. The smallest absolute Gasteiger partial charge is 0.0686 e. The molecule has 1 N–H and O–H groups in total. The summed E-state index contributed by atoms with van der Waals surface area (Å²) >= 11 is 0. The molecule has 1 aliphatic heterocycles. The lowest BCUT2D eigenvalue weighted by Crippen LogP contribution is -2.41. The summed E-state index contributed by atoms with van der Waals surface area (Å²) in [5.74, 6) is 0.702. The third kappa shape index (κ3) is 2.77. The van der Waals surface area contributed by atoms with Crippen molar-refractivity contribution in [1.82, 2.24) is 5.32 Å². The van der Waals surface area contributed by atoms with Gasteiger partial charge in [-0.1, -0.05) is 42.7 Å². The Hall–Kier alpha value is -0.860. The number of benzene rings is 1. The second-order valence-corrected chi connectivity index (χ2v) is 6.67. The number of aryl methyl sites for hydroxylation is 1. The maximum absolute atomic E-state index is 6.18. The van der Waals surface area contributed by atoms with E-state index < -0.39 is 0 Å². The Morgan fingerprint density at radius 2 is 2.10 bits per heavy atom. The normalized spacial score (nSPS) is 26.8. The van der Waals surface area contributed by atoms with Crippen LogP contribution in [-0.4, -0.2) is 19.3 Å². The number of rotatable bonds is 3. The maximum atomic E-state index is 6.18. The van der Waals surface area contributed by atoms with Crippen molar-refractivity contribution in [3.63, 3.8) is 0 Å². The number of hydrogen-bond acceptors (Lipinski definition) is 2. The summed E-state index contributed by atoms with van der Waals surface area (Å²) in [6.45, 7) is 3.12. The molecule has 0 radical (unpaired) electrons. The first-order valence-electron chi connectivity index (χ1n) is 8.10. The summed E-state index contributed by atoms with van der Waals surface area (Å²) < 4.78 is 6.18. The van der Waals surface area contributed by atoms with Crippen LogP contribution in [0.1, 0.15) is 55.7 Å². The summed E-state index contributed by atoms with van der Waals surface area (Å²) in [7, 11) is 2.10. The predicted molar refractivity (Wildman–Crippen MR) is 82.9 cm³/mol. The van der Waals surface area contributed by atoms with E-state index in [2.05, 4.69) is 43.6 Å². The predicted octanol–water partition coefficient (Wildman–Crippen LogP) is 3.99. The van der Waals surface area contributed by atoms with Crippen LogP contribution in [0.15, 0.2) is 24.3 Å². The fourth-order valence-electron chi connectivity index (χ4n) is 4.26. The molecule has 0 aromatic heterocycles. The Kier molecular flexibility index (Phi) is 4.13. The van der Waals surface area contributed by atoms with Crippen molar-refractivity contribution >= 4 is 0 Å². The van der Waals surface area contributed by atoms with E-state index >= 15 is 0 Å². The molecule has 110 valence electrons. The molecule has 1 aromatic rings. The van der Waals surface area contributed by atoms with Gasteiger partial charge in [0.1, 0.15) is 0 Å². The summed E-state index contributed by atoms with van der Waals surface area (Å²) in [5.41, 5.74) is 3.00. The Morgan fingerprint density at radius 3 is 2.80 bits per heavy atom. The van der Waals surface area contributed by atoms with Gasteiger partial charge < -0.3 is 10.1 Å². The van der Waals surface area contributed by atoms with E-state index in [1.165, 1.54) is 49.7 Å². The minimum absolute atomic E-state index is 0.210. The van der Waals surface area contributed by atoms with Gasteiger partial charge in [-0.3, -0.25) is 0 Å². The van der Waals surface area contributed by atoms with E-state index in [0.717, 1.165) is 6.61 Å². The number of hydrogen-bond donors (Lipinski definition) is 1. The van der Waals surface area contributed by atoms with Crippen molar-refractivity contribution in [2.75, 3.05) is 13.7 Å². The molecule has 2 heteroatoms.